The van der Waals surface area contributed by atoms with E-state index in [1.807, 2.05) is 0 Å². The lowest BCUT2D eigenvalue weighted by atomic mass is 10.0. The van der Waals surface area contributed by atoms with Crippen molar-refractivity contribution in [3.8, 4) is 0 Å². The van der Waals surface area contributed by atoms with Gasteiger partial charge in [0.25, 0.3) is 0 Å². The standard InChI is InChI=1S/C95H164O16P2/c1-4-7-10-13-16-19-22-25-28-31-33-35-37-39-40-41-42-43-44-45-46-47-48-50-52-53-55-58-60-63-66-69-72-75-78-81-93(98)105-84-90(96)85-107-112(101,102)108-86-91(97)87-109-113(103,104)110-89-92(111-95(100)83-80-77-74-71-68-65-62-57-30-27-24-21-18-15-12-9-6-3)88-106-94(99)82-79-76-73-70-67-64-61-59-56-54-51-49-38-36-34-32-29-26-23-20-17-14-11-8-5-2/h7,9-10,12,16-21,25-30,33-36,39-40,49,51,90-92,96-97H,4-6,8,11,13-15,22-24,31-32,37-38,41-48,50,52-89H2,1-3H3,(H,101,102)(H,103,104)/b10-7-,12-9-,19-16-,20-17-,21-18-,28-25-,29-26-,30-27-,35-33-,36-34-,40-39-,51-49-. The van der Waals surface area contributed by atoms with Gasteiger partial charge in [0.1, 0.15) is 25.4 Å². The third-order valence-electron chi connectivity index (χ3n) is 19.0. The van der Waals surface area contributed by atoms with Gasteiger partial charge >= 0.3 is 33.6 Å². The molecule has 0 saturated carbocycles. The molecule has 5 unspecified atom stereocenters. The maximum atomic E-state index is 13.0. The van der Waals surface area contributed by atoms with Gasteiger partial charge in [-0.15, -0.1) is 0 Å². The van der Waals surface area contributed by atoms with Crippen LogP contribution in [0.4, 0.5) is 0 Å². The Labute approximate surface area is 689 Å². The number of hydrogen-bond acceptors (Lipinski definition) is 14. The van der Waals surface area contributed by atoms with Crippen molar-refractivity contribution < 1.29 is 75.8 Å². The van der Waals surface area contributed by atoms with Gasteiger partial charge in [-0.1, -0.05) is 366 Å². The van der Waals surface area contributed by atoms with Gasteiger partial charge in [0.2, 0.25) is 0 Å². The number of allylic oxidation sites excluding steroid dienone is 24. The summed E-state index contributed by atoms with van der Waals surface area (Å²) in [5.41, 5.74) is 0. The molecule has 0 aliphatic rings. The van der Waals surface area contributed by atoms with Crippen LogP contribution in [-0.4, -0.2) is 95.9 Å². The molecular formula is C95H164O16P2. The van der Waals surface area contributed by atoms with Crippen LogP contribution in [0, 0.1) is 0 Å². The van der Waals surface area contributed by atoms with Crippen molar-refractivity contribution in [1.29, 1.82) is 0 Å². The topological polar surface area (TPSA) is 231 Å². The Hall–Kier alpha value is -4.57. The number of ether oxygens (including phenoxy) is 3. The first kappa shape index (κ1) is 108. The number of phosphoric ester groups is 2. The third-order valence-corrected chi connectivity index (χ3v) is 20.9. The Morgan fingerprint density at radius 2 is 0.469 bits per heavy atom. The predicted molar refractivity (Wildman–Crippen MR) is 473 cm³/mol. The number of aliphatic hydroxyl groups excluding tert-OH is 2. The summed E-state index contributed by atoms with van der Waals surface area (Å²) in [6.45, 7) is 2.46. The summed E-state index contributed by atoms with van der Waals surface area (Å²) in [4.78, 5) is 58.9. The smallest absolute Gasteiger partial charge is 0.463 e. The number of aliphatic hydroxyl groups is 2. The molecule has 0 aromatic rings. The van der Waals surface area contributed by atoms with Crippen molar-refractivity contribution in [2.75, 3.05) is 39.6 Å². The van der Waals surface area contributed by atoms with E-state index < -0.39 is 91.5 Å². The molecule has 113 heavy (non-hydrogen) atoms. The molecule has 16 nitrogen and oxygen atoms in total. The molecule has 0 rings (SSSR count). The molecule has 0 radical (unpaired) electrons. The van der Waals surface area contributed by atoms with Crippen LogP contribution in [-0.2, 0) is 55.8 Å². The van der Waals surface area contributed by atoms with Crippen LogP contribution in [0.1, 0.15) is 380 Å². The lowest BCUT2D eigenvalue weighted by molar-refractivity contribution is -0.161. The maximum absolute atomic E-state index is 13.0. The average Bonchev–Trinajstić information content (AvgIpc) is 0.886. The second kappa shape index (κ2) is 86.8. The summed E-state index contributed by atoms with van der Waals surface area (Å²) in [6, 6.07) is 0. The lowest BCUT2D eigenvalue weighted by Gasteiger charge is -2.21. The van der Waals surface area contributed by atoms with Gasteiger partial charge in [-0.3, -0.25) is 32.5 Å². The van der Waals surface area contributed by atoms with Gasteiger partial charge in [-0.25, -0.2) is 9.13 Å². The van der Waals surface area contributed by atoms with Crippen LogP contribution in [0.3, 0.4) is 0 Å². The van der Waals surface area contributed by atoms with Crippen LogP contribution in [0.5, 0.6) is 0 Å². The number of rotatable bonds is 85. The van der Waals surface area contributed by atoms with Crippen LogP contribution in [0.2, 0.25) is 0 Å². The van der Waals surface area contributed by atoms with Crippen LogP contribution in [0.25, 0.3) is 0 Å². The van der Waals surface area contributed by atoms with Crippen molar-refractivity contribution in [3.05, 3.63) is 146 Å². The minimum Gasteiger partial charge on any atom is -0.463 e. The first-order valence-corrected chi connectivity index (χ1v) is 48.1. The summed E-state index contributed by atoms with van der Waals surface area (Å²) in [5.74, 6) is -1.58. The maximum Gasteiger partial charge on any atom is 0.472 e. The molecule has 5 atom stereocenters. The van der Waals surface area contributed by atoms with E-state index in [1.54, 1.807) is 0 Å². The minimum atomic E-state index is -4.94. The van der Waals surface area contributed by atoms with E-state index in [9.17, 15) is 43.5 Å². The van der Waals surface area contributed by atoms with E-state index in [0.29, 0.717) is 19.3 Å². The van der Waals surface area contributed by atoms with Gasteiger partial charge < -0.3 is 34.2 Å². The summed E-state index contributed by atoms with van der Waals surface area (Å²) in [5, 5.41) is 20.7. The molecule has 4 N–H and O–H groups in total. The van der Waals surface area contributed by atoms with Gasteiger partial charge in [-0.05, 0) is 141 Å². The second-order valence-corrected chi connectivity index (χ2v) is 32.9. The monoisotopic (exact) mass is 1620 g/mol. The summed E-state index contributed by atoms with van der Waals surface area (Å²) >= 11 is 0. The summed E-state index contributed by atoms with van der Waals surface area (Å²) in [7, 11) is -9.81. The van der Waals surface area contributed by atoms with E-state index in [4.69, 9.17) is 32.3 Å². The van der Waals surface area contributed by atoms with Gasteiger partial charge in [0.15, 0.2) is 6.10 Å². The Bertz CT molecular complexity index is 2630. The molecule has 0 fully saturated rings. The molecule has 0 aromatic heterocycles. The molecule has 0 heterocycles. The van der Waals surface area contributed by atoms with E-state index >= 15 is 0 Å². The van der Waals surface area contributed by atoms with Crippen molar-refractivity contribution in [1.82, 2.24) is 0 Å². The predicted octanol–water partition coefficient (Wildman–Crippen LogP) is 27.6. The van der Waals surface area contributed by atoms with Gasteiger partial charge in [-0.2, -0.15) is 0 Å². The number of carbonyl (C=O) groups excluding carboxylic acids is 3. The molecule has 650 valence electrons. The summed E-state index contributed by atoms with van der Waals surface area (Å²) < 4.78 is 61.4. The fourth-order valence-electron chi connectivity index (χ4n) is 12.2. The highest BCUT2D eigenvalue weighted by Gasteiger charge is 2.29. The van der Waals surface area contributed by atoms with Crippen LogP contribution < -0.4 is 0 Å². The molecule has 0 aromatic carbocycles. The highest BCUT2D eigenvalue weighted by molar-refractivity contribution is 7.47. The number of hydrogen-bond donors (Lipinski definition) is 4. The summed E-state index contributed by atoms with van der Waals surface area (Å²) in [6.07, 6.45) is 109. The normalized spacial score (nSPS) is 14.5. The fraction of sp³-hybridized carbons (Fsp3) is 0.716. The zero-order valence-electron chi connectivity index (χ0n) is 71.5. The zero-order chi connectivity index (χ0) is 82.2. The van der Waals surface area contributed by atoms with E-state index in [2.05, 4.69) is 167 Å². The zero-order valence-corrected chi connectivity index (χ0v) is 73.3. The van der Waals surface area contributed by atoms with Gasteiger partial charge in [0.05, 0.1) is 26.4 Å². The Morgan fingerprint density at radius 3 is 0.743 bits per heavy atom. The lowest BCUT2D eigenvalue weighted by Crippen LogP contribution is -2.30. The largest absolute Gasteiger partial charge is 0.472 e. The number of carbonyl (C=O) groups is 3. The number of phosphoric acid groups is 2. The molecule has 0 spiro atoms. The Morgan fingerprint density at radius 1 is 0.257 bits per heavy atom. The molecule has 0 amide bonds. The van der Waals surface area contributed by atoms with Crippen molar-refractivity contribution in [2.24, 2.45) is 0 Å². The Kier molecular flexibility index (Phi) is 83.3. The van der Waals surface area contributed by atoms with E-state index in [-0.39, 0.29) is 19.3 Å². The highest BCUT2D eigenvalue weighted by atomic mass is 31.2. The van der Waals surface area contributed by atoms with Gasteiger partial charge in [0, 0.05) is 19.3 Å². The molecular weight excluding hydrogens is 1460 g/mol. The first-order chi connectivity index (χ1) is 55.2. The minimum absolute atomic E-state index is 0.0898. The molecule has 18 heteroatoms. The van der Waals surface area contributed by atoms with Crippen molar-refractivity contribution in [3.63, 3.8) is 0 Å². The second-order valence-electron chi connectivity index (χ2n) is 30.0. The molecule has 0 aliphatic carbocycles. The van der Waals surface area contributed by atoms with E-state index in [0.717, 1.165) is 167 Å². The van der Waals surface area contributed by atoms with Crippen LogP contribution in [0.15, 0.2) is 146 Å². The van der Waals surface area contributed by atoms with Crippen LogP contribution >= 0.6 is 15.6 Å². The quantitative estimate of drug-likeness (QED) is 0.0146. The molecule has 0 bridgehead atoms. The average molecular weight is 1620 g/mol. The Balaban J connectivity index is 4.46. The van der Waals surface area contributed by atoms with Crippen molar-refractivity contribution in [2.45, 2.75) is 399 Å². The number of esters is 3. The third kappa shape index (κ3) is 88.1. The van der Waals surface area contributed by atoms with Crippen molar-refractivity contribution >= 4 is 33.6 Å². The molecule has 0 aliphatic heterocycles. The number of unbranched alkanes of at least 4 members (excludes halogenated alkanes) is 38. The molecule has 0 saturated heterocycles. The fourth-order valence-corrected chi connectivity index (χ4v) is 13.8. The van der Waals surface area contributed by atoms with E-state index in [1.165, 1.54) is 154 Å². The SMILES string of the molecule is CC/C=C\C/C=C\C/C=C\C/C=C\C/C=C\CCCCCCCCCCCCCCCCCCCCCC(=O)OCC(O)COP(=O)(O)OCC(O)COP(=O)(O)OCC(COC(=O)CCCCCCCCCCC/C=C\C/C=C\C/C=C\C/C=C\CCCCC)OC(=O)CCCCCCCCC/C=C\C/C=C\C/C=C\CC. The highest BCUT2D eigenvalue weighted by Crippen LogP contribution is 2.45. The first-order valence-electron chi connectivity index (χ1n) is 45.1.